The van der Waals surface area contributed by atoms with Crippen molar-refractivity contribution in [3.8, 4) is 0 Å². The maximum absolute atomic E-state index is 8.74. The van der Waals surface area contributed by atoms with Gasteiger partial charge in [-0.1, -0.05) is 0 Å². The van der Waals surface area contributed by atoms with E-state index in [0.717, 1.165) is 0 Å². The Kier molecular flexibility index (Phi) is 6.62. The fraction of sp³-hybridized carbons (Fsp3) is 1.00. The smallest absolute Gasteiger partial charge is 0.383 e. The standard InChI is InChI=1S/C2H6OS.H2O4S/c1-2(3)4;1-5(2,3)4/h2-4H,1H3;(H2,1,2,3,4). The lowest BCUT2D eigenvalue weighted by Crippen LogP contribution is -1.89. The highest BCUT2D eigenvalue weighted by atomic mass is 32.3. The molecule has 0 radical (unpaired) electrons. The van der Waals surface area contributed by atoms with Crippen LogP contribution in [-0.4, -0.2) is 28.1 Å². The van der Waals surface area contributed by atoms with Gasteiger partial charge in [-0.3, -0.25) is 9.11 Å². The van der Waals surface area contributed by atoms with Crippen molar-refractivity contribution >= 4 is 23.0 Å². The van der Waals surface area contributed by atoms with E-state index in [1.54, 1.807) is 6.92 Å². The molecule has 0 aliphatic rings. The minimum absolute atomic E-state index is 0.472. The zero-order valence-electron chi connectivity index (χ0n) is 4.59. The van der Waals surface area contributed by atoms with Crippen molar-refractivity contribution in [2.45, 2.75) is 12.4 Å². The molecule has 58 valence electrons. The van der Waals surface area contributed by atoms with Crippen LogP contribution in [0.15, 0.2) is 0 Å². The molecule has 0 aliphatic carbocycles. The van der Waals surface area contributed by atoms with Gasteiger partial charge in [-0.15, -0.1) is 12.6 Å². The number of aliphatic hydroxyl groups excluding tert-OH is 1. The number of hydrogen-bond acceptors (Lipinski definition) is 4. The first-order valence-corrected chi connectivity index (χ1v) is 3.71. The van der Waals surface area contributed by atoms with Crippen molar-refractivity contribution in [2.75, 3.05) is 0 Å². The summed E-state index contributed by atoms with van der Waals surface area (Å²) in [4.78, 5) is 0. The summed E-state index contributed by atoms with van der Waals surface area (Å²) in [6.07, 6.45) is 0. The van der Waals surface area contributed by atoms with Crippen LogP contribution in [0, 0.1) is 0 Å². The van der Waals surface area contributed by atoms with Gasteiger partial charge in [0.2, 0.25) is 0 Å². The van der Waals surface area contributed by atoms with Crippen molar-refractivity contribution in [2.24, 2.45) is 0 Å². The Balaban J connectivity index is 0. The summed E-state index contributed by atoms with van der Waals surface area (Å²) >= 11 is 3.52. The summed E-state index contributed by atoms with van der Waals surface area (Å²) < 4.78 is 31.6. The van der Waals surface area contributed by atoms with E-state index >= 15 is 0 Å². The lowest BCUT2D eigenvalue weighted by Gasteiger charge is -1.79. The Labute approximate surface area is 58.7 Å². The summed E-state index contributed by atoms with van der Waals surface area (Å²) in [5, 5.41) is 7.92. The second-order valence-electron chi connectivity index (χ2n) is 1.08. The molecule has 0 saturated heterocycles. The molecule has 9 heavy (non-hydrogen) atoms. The fourth-order valence-electron chi connectivity index (χ4n) is 0. The maximum Gasteiger partial charge on any atom is 0.394 e. The predicted molar refractivity (Wildman–Crippen MR) is 34.8 cm³/mol. The first-order valence-electron chi connectivity index (χ1n) is 1.79. The molecule has 3 N–H and O–H groups in total. The third kappa shape index (κ3) is 9640. The SMILES string of the molecule is CC(O)S.O=S(=O)(O)O. The topological polar surface area (TPSA) is 94.8 Å². The minimum atomic E-state index is -4.67. The average Bonchev–Trinajstić information content (AvgIpc) is 1.19. The lowest BCUT2D eigenvalue weighted by molar-refractivity contribution is 0.286. The molecular weight excluding hydrogens is 168 g/mol. The molecule has 0 aliphatic heterocycles. The van der Waals surface area contributed by atoms with Crippen molar-refractivity contribution in [1.82, 2.24) is 0 Å². The fourth-order valence-corrected chi connectivity index (χ4v) is 0. The Morgan fingerprint density at radius 1 is 1.44 bits per heavy atom. The van der Waals surface area contributed by atoms with Gasteiger partial charge in [0.1, 0.15) is 0 Å². The average molecular weight is 176 g/mol. The summed E-state index contributed by atoms with van der Waals surface area (Å²) in [6.45, 7) is 1.59. The number of hydrogen-bond donors (Lipinski definition) is 4. The number of rotatable bonds is 0. The zero-order valence-corrected chi connectivity index (χ0v) is 6.30. The molecule has 0 aromatic carbocycles. The van der Waals surface area contributed by atoms with Crippen LogP contribution in [0.1, 0.15) is 6.92 Å². The molecule has 0 heterocycles. The van der Waals surface area contributed by atoms with Crippen LogP contribution in [0.5, 0.6) is 0 Å². The van der Waals surface area contributed by atoms with Gasteiger partial charge in [-0.05, 0) is 6.92 Å². The highest BCUT2D eigenvalue weighted by Crippen LogP contribution is 1.78. The molecule has 0 saturated carbocycles. The zero-order chi connectivity index (χ0) is 8.08. The highest BCUT2D eigenvalue weighted by Gasteiger charge is 1.84. The second kappa shape index (κ2) is 5.00. The summed E-state index contributed by atoms with van der Waals surface area (Å²) in [5.74, 6) is 0. The molecule has 0 amide bonds. The minimum Gasteiger partial charge on any atom is -0.383 e. The second-order valence-corrected chi connectivity index (χ2v) is 2.72. The van der Waals surface area contributed by atoms with Gasteiger partial charge in [0.25, 0.3) is 0 Å². The van der Waals surface area contributed by atoms with Crippen molar-refractivity contribution in [3.63, 3.8) is 0 Å². The van der Waals surface area contributed by atoms with Gasteiger partial charge in [0.05, 0.1) is 5.44 Å². The summed E-state index contributed by atoms with van der Waals surface area (Å²) in [6, 6.07) is 0. The number of aliphatic hydroxyl groups is 1. The van der Waals surface area contributed by atoms with E-state index in [9.17, 15) is 0 Å². The molecule has 1 unspecified atom stereocenters. The van der Waals surface area contributed by atoms with Gasteiger partial charge in [-0.2, -0.15) is 8.42 Å². The monoisotopic (exact) mass is 176 g/mol. The van der Waals surface area contributed by atoms with Crippen LogP contribution >= 0.6 is 12.6 Å². The molecule has 0 rings (SSSR count). The van der Waals surface area contributed by atoms with E-state index in [-0.39, 0.29) is 0 Å². The molecule has 0 fully saturated rings. The Hall–Kier alpha value is 0.180. The molecule has 7 heteroatoms. The molecule has 1 atom stereocenters. The van der Waals surface area contributed by atoms with Crippen molar-refractivity contribution in [3.05, 3.63) is 0 Å². The van der Waals surface area contributed by atoms with Crippen LogP contribution < -0.4 is 0 Å². The quantitative estimate of drug-likeness (QED) is 0.229. The first kappa shape index (κ1) is 11.9. The van der Waals surface area contributed by atoms with E-state index in [4.69, 9.17) is 22.6 Å². The van der Waals surface area contributed by atoms with Crippen LogP contribution in [-0.2, 0) is 10.4 Å². The largest absolute Gasteiger partial charge is 0.394 e. The van der Waals surface area contributed by atoms with E-state index < -0.39 is 15.8 Å². The third-order valence-corrected chi connectivity index (χ3v) is 0. The van der Waals surface area contributed by atoms with Gasteiger partial charge in [0, 0.05) is 0 Å². The normalized spacial score (nSPS) is 13.4. The summed E-state index contributed by atoms with van der Waals surface area (Å²) in [5.41, 5.74) is -0.472. The van der Waals surface area contributed by atoms with E-state index in [1.165, 1.54) is 0 Å². The Morgan fingerprint density at radius 2 is 1.44 bits per heavy atom. The van der Waals surface area contributed by atoms with Crippen molar-refractivity contribution in [1.29, 1.82) is 0 Å². The Morgan fingerprint density at radius 3 is 1.44 bits per heavy atom. The van der Waals surface area contributed by atoms with Crippen LogP contribution in [0.4, 0.5) is 0 Å². The predicted octanol–water partition coefficient (Wildman–Crippen LogP) is -0.398. The van der Waals surface area contributed by atoms with Crippen LogP contribution in [0.2, 0.25) is 0 Å². The van der Waals surface area contributed by atoms with Gasteiger partial charge in [-0.25, -0.2) is 0 Å². The maximum atomic E-state index is 8.74. The van der Waals surface area contributed by atoms with Gasteiger partial charge in [0.15, 0.2) is 0 Å². The molecule has 0 aromatic heterocycles. The summed E-state index contributed by atoms with van der Waals surface area (Å²) in [7, 11) is -4.67. The molecular formula is C2H8O5S2. The Bertz CT molecular complexity index is 124. The highest BCUT2D eigenvalue weighted by molar-refractivity contribution is 7.80. The van der Waals surface area contributed by atoms with Gasteiger partial charge < -0.3 is 5.11 Å². The number of thiol groups is 1. The third-order valence-electron chi connectivity index (χ3n) is 0. The molecule has 5 nitrogen and oxygen atoms in total. The van der Waals surface area contributed by atoms with Crippen LogP contribution in [0.3, 0.4) is 0 Å². The molecule has 0 bridgehead atoms. The van der Waals surface area contributed by atoms with E-state index in [2.05, 4.69) is 12.6 Å². The molecule has 0 aromatic rings. The van der Waals surface area contributed by atoms with Crippen molar-refractivity contribution < 1.29 is 22.6 Å². The van der Waals surface area contributed by atoms with E-state index in [1.807, 2.05) is 0 Å². The van der Waals surface area contributed by atoms with Crippen LogP contribution in [0.25, 0.3) is 0 Å². The lowest BCUT2D eigenvalue weighted by atomic mass is 10.9. The van der Waals surface area contributed by atoms with E-state index in [0.29, 0.717) is 0 Å². The molecule has 0 spiro atoms. The first-order chi connectivity index (χ1) is 3.73. The van der Waals surface area contributed by atoms with Gasteiger partial charge >= 0.3 is 10.4 Å².